The molecule has 0 aromatic heterocycles. The third-order valence-corrected chi connectivity index (χ3v) is 7.55. The molecule has 6 nitrogen and oxygen atoms in total. The predicted octanol–water partition coefficient (Wildman–Crippen LogP) is 2.32. The normalized spacial score (nSPS) is 17.1. The first-order valence-corrected chi connectivity index (χ1v) is 11.6. The number of rotatable bonds is 5. The van der Waals surface area contributed by atoms with Crippen molar-refractivity contribution in [1.29, 1.82) is 0 Å². The van der Waals surface area contributed by atoms with Gasteiger partial charge in [-0.15, -0.1) is 0 Å². The largest absolute Gasteiger partial charge is 0.490 e. The number of sulfone groups is 1. The van der Waals surface area contributed by atoms with Crippen molar-refractivity contribution >= 4 is 19.9 Å². The maximum Gasteiger partial charge on any atom is 0.244 e. The maximum absolute atomic E-state index is 12.9. The first-order chi connectivity index (χ1) is 12.3. The van der Waals surface area contributed by atoms with E-state index in [2.05, 4.69) is 0 Å². The van der Waals surface area contributed by atoms with Crippen molar-refractivity contribution in [2.45, 2.75) is 28.7 Å². The van der Waals surface area contributed by atoms with E-state index in [-0.39, 0.29) is 29.0 Å². The fraction of sp³-hybridized carbons (Fsp3) is 0.333. The molecule has 2 aromatic carbocycles. The number of para-hydroxylation sites is 1. The number of benzene rings is 2. The van der Waals surface area contributed by atoms with E-state index in [4.69, 9.17) is 4.74 Å². The number of piperidine rings is 1. The second-order valence-corrected chi connectivity index (χ2v) is 10.1. The smallest absolute Gasteiger partial charge is 0.244 e. The van der Waals surface area contributed by atoms with Crippen LogP contribution in [0.1, 0.15) is 12.8 Å². The summed E-state index contributed by atoms with van der Waals surface area (Å²) in [5.74, 6) is 0.760. The van der Waals surface area contributed by atoms with Crippen molar-refractivity contribution in [2.24, 2.45) is 0 Å². The van der Waals surface area contributed by atoms with Gasteiger partial charge in [-0.3, -0.25) is 0 Å². The van der Waals surface area contributed by atoms with Gasteiger partial charge in [-0.05, 0) is 37.1 Å². The van der Waals surface area contributed by atoms with Crippen LogP contribution in [0.3, 0.4) is 0 Å². The first kappa shape index (κ1) is 18.9. The Hall–Kier alpha value is -1.90. The van der Waals surface area contributed by atoms with Crippen LogP contribution in [0.2, 0.25) is 0 Å². The molecule has 0 bridgehead atoms. The van der Waals surface area contributed by atoms with Crippen molar-refractivity contribution < 1.29 is 21.6 Å². The van der Waals surface area contributed by atoms with E-state index in [0.717, 1.165) is 12.0 Å². The predicted molar refractivity (Wildman–Crippen MR) is 98.4 cm³/mol. The highest BCUT2D eigenvalue weighted by molar-refractivity contribution is 7.93. The molecule has 2 aromatic rings. The zero-order chi connectivity index (χ0) is 18.8. The van der Waals surface area contributed by atoms with Crippen LogP contribution in [0, 0.1) is 0 Å². The molecule has 1 saturated heterocycles. The quantitative estimate of drug-likeness (QED) is 0.776. The molecule has 0 radical (unpaired) electrons. The van der Waals surface area contributed by atoms with Crippen molar-refractivity contribution in [1.82, 2.24) is 4.31 Å². The average Bonchev–Trinajstić information content (AvgIpc) is 2.62. The molecule has 0 aliphatic carbocycles. The molecule has 8 heteroatoms. The lowest BCUT2D eigenvalue weighted by Gasteiger charge is -2.31. The van der Waals surface area contributed by atoms with Crippen LogP contribution in [-0.4, -0.2) is 46.6 Å². The van der Waals surface area contributed by atoms with E-state index in [1.165, 1.54) is 28.6 Å². The lowest BCUT2D eigenvalue weighted by Crippen LogP contribution is -2.42. The maximum atomic E-state index is 12.9. The van der Waals surface area contributed by atoms with Crippen LogP contribution >= 0.6 is 0 Å². The Balaban J connectivity index is 1.75. The van der Waals surface area contributed by atoms with Gasteiger partial charge in [-0.2, -0.15) is 4.31 Å². The molecule has 3 rings (SSSR count). The van der Waals surface area contributed by atoms with Gasteiger partial charge in [0.1, 0.15) is 16.7 Å². The number of nitrogens with zero attached hydrogens (tertiary/aromatic N) is 1. The second kappa shape index (κ2) is 7.38. The molecule has 1 aliphatic rings. The van der Waals surface area contributed by atoms with Gasteiger partial charge in [0, 0.05) is 19.3 Å². The van der Waals surface area contributed by atoms with Gasteiger partial charge in [0.25, 0.3) is 0 Å². The fourth-order valence-electron chi connectivity index (χ4n) is 2.99. The molecule has 0 atom stereocenters. The van der Waals surface area contributed by atoms with Crippen molar-refractivity contribution in [3.05, 3.63) is 54.6 Å². The Morgan fingerprint density at radius 2 is 1.38 bits per heavy atom. The zero-order valence-corrected chi connectivity index (χ0v) is 16.0. The number of hydrogen-bond donors (Lipinski definition) is 0. The van der Waals surface area contributed by atoms with Gasteiger partial charge < -0.3 is 4.74 Å². The Labute approximate surface area is 154 Å². The molecular weight excluding hydrogens is 374 g/mol. The van der Waals surface area contributed by atoms with E-state index in [1.54, 1.807) is 0 Å². The molecule has 0 saturated carbocycles. The van der Waals surface area contributed by atoms with Crippen LogP contribution in [0.15, 0.2) is 64.4 Å². The van der Waals surface area contributed by atoms with Gasteiger partial charge in [0.05, 0.1) is 4.90 Å². The minimum atomic E-state index is -3.87. The van der Waals surface area contributed by atoms with Gasteiger partial charge >= 0.3 is 0 Å². The first-order valence-electron chi connectivity index (χ1n) is 8.29. The van der Waals surface area contributed by atoms with E-state index < -0.39 is 19.9 Å². The molecule has 1 aliphatic heterocycles. The average molecular weight is 396 g/mol. The van der Waals surface area contributed by atoms with Gasteiger partial charge in [-0.25, -0.2) is 16.8 Å². The monoisotopic (exact) mass is 395 g/mol. The molecule has 0 amide bonds. The Morgan fingerprint density at radius 3 is 1.96 bits per heavy atom. The summed E-state index contributed by atoms with van der Waals surface area (Å²) >= 11 is 0. The molecule has 140 valence electrons. The fourth-order valence-corrected chi connectivity index (χ4v) is 6.06. The zero-order valence-electron chi connectivity index (χ0n) is 14.4. The van der Waals surface area contributed by atoms with Crippen LogP contribution < -0.4 is 4.74 Å². The summed E-state index contributed by atoms with van der Waals surface area (Å²) in [6.45, 7) is 0.579. The lowest BCUT2D eigenvalue weighted by molar-refractivity contribution is 0.135. The third kappa shape index (κ3) is 4.08. The number of sulfonamides is 1. The molecule has 1 fully saturated rings. The summed E-state index contributed by atoms with van der Waals surface area (Å²) in [5.41, 5.74) is 0. The van der Waals surface area contributed by atoms with E-state index in [1.807, 2.05) is 30.3 Å². The van der Waals surface area contributed by atoms with E-state index in [9.17, 15) is 16.8 Å². The summed E-state index contributed by atoms with van der Waals surface area (Å²) < 4.78 is 57.0. The van der Waals surface area contributed by atoms with Crippen LogP contribution in [0.4, 0.5) is 0 Å². The van der Waals surface area contributed by atoms with Crippen LogP contribution in [0.25, 0.3) is 0 Å². The Kier molecular flexibility index (Phi) is 5.36. The van der Waals surface area contributed by atoms with Gasteiger partial charge in [-0.1, -0.05) is 30.3 Å². The molecule has 0 N–H and O–H groups in total. The summed E-state index contributed by atoms with van der Waals surface area (Å²) in [4.78, 5) is -0.326. The lowest BCUT2D eigenvalue weighted by atomic mass is 10.1. The SMILES string of the molecule is CS(=O)(=O)c1ccccc1S(=O)(=O)N1CCC(Oc2ccccc2)CC1. The second-order valence-electron chi connectivity index (χ2n) is 6.25. The standard InChI is InChI=1S/C18H21NO5S2/c1-25(20,21)17-9-5-6-10-18(17)26(22,23)19-13-11-16(12-14-19)24-15-7-3-2-4-8-15/h2-10,16H,11-14H2,1H3. The summed E-state index contributed by atoms with van der Waals surface area (Å²) in [7, 11) is -7.51. The van der Waals surface area contributed by atoms with Crippen LogP contribution in [0.5, 0.6) is 5.75 Å². The molecular formula is C18H21NO5S2. The highest BCUT2D eigenvalue weighted by Crippen LogP contribution is 2.27. The molecule has 1 heterocycles. The molecule has 0 spiro atoms. The highest BCUT2D eigenvalue weighted by atomic mass is 32.2. The van der Waals surface area contributed by atoms with E-state index >= 15 is 0 Å². The van der Waals surface area contributed by atoms with Crippen LogP contribution in [-0.2, 0) is 19.9 Å². The highest BCUT2D eigenvalue weighted by Gasteiger charge is 2.33. The molecule has 26 heavy (non-hydrogen) atoms. The van der Waals surface area contributed by atoms with Crippen molar-refractivity contribution in [3.8, 4) is 5.75 Å². The number of ether oxygens (including phenoxy) is 1. The van der Waals surface area contributed by atoms with E-state index in [0.29, 0.717) is 12.8 Å². The van der Waals surface area contributed by atoms with Gasteiger partial charge in [0.15, 0.2) is 9.84 Å². The van der Waals surface area contributed by atoms with Crippen molar-refractivity contribution in [3.63, 3.8) is 0 Å². The summed E-state index contributed by atoms with van der Waals surface area (Å²) in [6.07, 6.45) is 2.06. The topological polar surface area (TPSA) is 80.8 Å². The number of hydrogen-bond acceptors (Lipinski definition) is 5. The van der Waals surface area contributed by atoms with Gasteiger partial charge in [0.2, 0.25) is 10.0 Å². The minimum Gasteiger partial charge on any atom is -0.490 e. The Bertz CT molecular complexity index is 964. The minimum absolute atomic E-state index is 0.0611. The molecule has 0 unspecified atom stereocenters. The third-order valence-electron chi connectivity index (χ3n) is 4.31. The Morgan fingerprint density at radius 1 is 0.846 bits per heavy atom. The summed E-state index contributed by atoms with van der Waals surface area (Å²) in [5, 5.41) is 0. The van der Waals surface area contributed by atoms with Crippen molar-refractivity contribution in [2.75, 3.05) is 19.3 Å². The summed E-state index contributed by atoms with van der Waals surface area (Å²) in [6, 6.07) is 15.1.